The molecule has 0 saturated carbocycles. The largest absolute Gasteiger partial charge is 0.378 e. The molecule has 0 aliphatic carbocycles. The van der Waals surface area contributed by atoms with Crippen molar-refractivity contribution in [3.63, 3.8) is 0 Å². The first kappa shape index (κ1) is 20.2. The van der Waals surface area contributed by atoms with Crippen molar-refractivity contribution in [2.24, 2.45) is 13.0 Å². The summed E-state index contributed by atoms with van der Waals surface area (Å²) in [5.74, 6) is 0.564. The number of ether oxygens (including phenoxy) is 1. The van der Waals surface area contributed by atoms with Crippen LogP contribution in [0, 0.1) is 5.92 Å². The summed E-state index contributed by atoms with van der Waals surface area (Å²) in [6, 6.07) is 0. The van der Waals surface area contributed by atoms with Crippen molar-refractivity contribution < 1.29 is 9.53 Å². The summed E-state index contributed by atoms with van der Waals surface area (Å²) in [6.07, 6.45) is 8.38. The zero-order valence-corrected chi connectivity index (χ0v) is 16.1. The number of nitrogens with zero attached hydrogens (tertiary/aromatic N) is 3. The van der Waals surface area contributed by atoms with Crippen LogP contribution in [-0.4, -0.2) is 59.5 Å². The number of rotatable bonds is 5. The monoisotopic (exact) mass is 370 g/mol. The first-order chi connectivity index (χ1) is 11.7. The fourth-order valence-electron chi connectivity index (χ4n) is 3.89. The van der Waals surface area contributed by atoms with Gasteiger partial charge in [-0.15, -0.1) is 12.4 Å². The summed E-state index contributed by atoms with van der Waals surface area (Å²) in [5.41, 5.74) is 1.17. The molecule has 2 aliphatic heterocycles. The summed E-state index contributed by atoms with van der Waals surface area (Å²) < 4.78 is 7.71. The van der Waals surface area contributed by atoms with Crippen molar-refractivity contribution >= 4 is 18.3 Å². The molecule has 25 heavy (non-hydrogen) atoms. The number of nitrogens with one attached hydrogen (secondary N) is 1. The van der Waals surface area contributed by atoms with Gasteiger partial charge >= 0.3 is 0 Å². The summed E-state index contributed by atoms with van der Waals surface area (Å²) in [5, 5.41) is 7.66. The predicted molar refractivity (Wildman–Crippen MR) is 100 cm³/mol. The van der Waals surface area contributed by atoms with Gasteiger partial charge in [0.15, 0.2) is 0 Å². The Bertz CT molecular complexity index is 551. The molecule has 7 heteroatoms. The lowest BCUT2D eigenvalue weighted by atomic mass is 9.89. The summed E-state index contributed by atoms with van der Waals surface area (Å²) in [4.78, 5) is 15.1. The number of halogens is 1. The van der Waals surface area contributed by atoms with Gasteiger partial charge in [0.25, 0.3) is 0 Å². The molecule has 3 rings (SSSR count). The molecule has 1 aromatic rings. The van der Waals surface area contributed by atoms with Crippen molar-refractivity contribution in [2.45, 2.75) is 44.6 Å². The van der Waals surface area contributed by atoms with Crippen LogP contribution in [0.2, 0.25) is 0 Å². The smallest absolute Gasteiger partial charge is 0.227 e. The average molecular weight is 371 g/mol. The second-order valence-corrected chi connectivity index (χ2v) is 7.07. The van der Waals surface area contributed by atoms with Crippen LogP contribution < -0.4 is 5.32 Å². The van der Waals surface area contributed by atoms with E-state index in [1.165, 1.54) is 5.56 Å². The summed E-state index contributed by atoms with van der Waals surface area (Å²) in [6.45, 7) is 6.28. The van der Waals surface area contributed by atoms with Gasteiger partial charge in [0.05, 0.1) is 18.2 Å². The number of hydrogen-bond acceptors (Lipinski definition) is 4. The quantitative estimate of drug-likeness (QED) is 0.860. The molecular formula is C18H31ClN4O2. The topological polar surface area (TPSA) is 59.4 Å². The van der Waals surface area contributed by atoms with Crippen LogP contribution in [0.5, 0.6) is 0 Å². The van der Waals surface area contributed by atoms with Crippen molar-refractivity contribution in [1.29, 1.82) is 0 Å². The Hall–Kier alpha value is -1.11. The van der Waals surface area contributed by atoms with Gasteiger partial charge in [-0.25, -0.2) is 0 Å². The van der Waals surface area contributed by atoms with Crippen LogP contribution in [0.1, 0.15) is 44.1 Å². The highest BCUT2D eigenvalue weighted by atomic mass is 35.5. The van der Waals surface area contributed by atoms with Crippen LogP contribution in [0.4, 0.5) is 0 Å². The first-order valence-corrected chi connectivity index (χ1v) is 9.28. The Kier molecular flexibility index (Phi) is 7.72. The number of likely N-dealkylation sites (tertiary alicyclic amines) is 1. The predicted octanol–water partition coefficient (Wildman–Crippen LogP) is 1.95. The van der Waals surface area contributed by atoms with E-state index >= 15 is 0 Å². The normalized spacial score (nSPS) is 27.0. The molecule has 0 spiro atoms. The number of amides is 1. The Morgan fingerprint density at radius 3 is 2.92 bits per heavy atom. The SMILES string of the molecule is CCCOC1CCCN(C(=O)[C@H]2CNC[C@@H]2c2cnn(C)c2)CC1.Cl. The number of carbonyl (C=O) groups excluding carboxylic acids is 1. The molecule has 142 valence electrons. The molecule has 3 atom stereocenters. The van der Waals surface area contributed by atoms with E-state index in [0.717, 1.165) is 58.5 Å². The second-order valence-electron chi connectivity index (χ2n) is 7.07. The minimum Gasteiger partial charge on any atom is -0.378 e. The molecule has 1 amide bonds. The van der Waals surface area contributed by atoms with E-state index in [-0.39, 0.29) is 24.2 Å². The number of aromatic nitrogens is 2. The Morgan fingerprint density at radius 2 is 2.20 bits per heavy atom. The van der Waals surface area contributed by atoms with Gasteiger partial charge in [-0.3, -0.25) is 9.48 Å². The molecule has 3 heterocycles. The fourth-order valence-corrected chi connectivity index (χ4v) is 3.89. The van der Waals surface area contributed by atoms with Gasteiger partial charge in [0.2, 0.25) is 5.91 Å². The van der Waals surface area contributed by atoms with E-state index in [0.29, 0.717) is 12.0 Å². The molecule has 0 bridgehead atoms. The average Bonchev–Trinajstić information content (AvgIpc) is 3.16. The maximum atomic E-state index is 13.1. The Morgan fingerprint density at radius 1 is 1.36 bits per heavy atom. The number of hydrogen-bond donors (Lipinski definition) is 1. The van der Waals surface area contributed by atoms with Crippen molar-refractivity contribution in [3.05, 3.63) is 18.0 Å². The second kappa shape index (κ2) is 9.55. The van der Waals surface area contributed by atoms with E-state index in [9.17, 15) is 4.79 Å². The van der Waals surface area contributed by atoms with E-state index in [2.05, 4.69) is 22.2 Å². The lowest BCUT2D eigenvalue weighted by Crippen LogP contribution is -2.39. The molecule has 1 aromatic heterocycles. The lowest BCUT2D eigenvalue weighted by Gasteiger charge is -2.26. The minimum absolute atomic E-state index is 0. The fraction of sp³-hybridized carbons (Fsp3) is 0.778. The van der Waals surface area contributed by atoms with Crippen LogP contribution in [0.15, 0.2) is 12.4 Å². The van der Waals surface area contributed by atoms with Crippen LogP contribution in [0.25, 0.3) is 0 Å². The Balaban J connectivity index is 0.00000225. The third-order valence-electron chi connectivity index (χ3n) is 5.23. The van der Waals surface area contributed by atoms with Gasteiger partial charge in [-0.05, 0) is 31.2 Å². The molecule has 1 N–H and O–H groups in total. The van der Waals surface area contributed by atoms with Crippen molar-refractivity contribution in [3.8, 4) is 0 Å². The minimum atomic E-state index is 0. The van der Waals surface area contributed by atoms with Crippen molar-refractivity contribution in [1.82, 2.24) is 20.0 Å². The molecule has 0 aromatic carbocycles. The van der Waals surface area contributed by atoms with E-state index in [1.54, 1.807) is 0 Å². The van der Waals surface area contributed by atoms with Gasteiger partial charge in [0.1, 0.15) is 0 Å². The van der Waals surface area contributed by atoms with Gasteiger partial charge in [-0.2, -0.15) is 5.10 Å². The molecular weight excluding hydrogens is 340 g/mol. The molecule has 1 unspecified atom stereocenters. The highest BCUT2D eigenvalue weighted by molar-refractivity contribution is 5.85. The molecule has 0 radical (unpaired) electrons. The number of carbonyl (C=O) groups is 1. The van der Waals surface area contributed by atoms with Crippen LogP contribution in [0.3, 0.4) is 0 Å². The van der Waals surface area contributed by atoms with E-state index in [1.807, 2.05) is 24.1 Å². The highest BCUT2D eigenvalue weighted by Crippen LogP contribution is 2.30. The first-order valence-electron chi connectivity index (χ1n) is 9.28. The van der Waals surface area contributed by atoms with E-state index in [4.69, 9.17) is 4.74 Å². The van der Waals surface area contributed by atoms with Gasteiger partial charge in [0, 0.05) is 51.9 Å². The zero-order chi connectivity index (χ0) is 16.9. The zero-order valence-electron chi connectivity index (χ0n) is 15.3. The third-order valence-corrected chi connectivity index (χ3v) is 5.23. The van der Waals surface area contributed by atoms with Crippen molar-refractivity contribution in [2.75, 3.05) is 32.8 Å². The number of aryl methyl sites for hydroxylation is 1. The lowest BCUT2D eigenvalue weighted by molar-refractivity contribution is -0.135. The molecule has 2 saturated heterocycles. The maximum Gasteiger partial charge on any atom is 0.227 e. The molecule has 6 nitrogen and oxygen atoms in total. The maximum absolute atomic E-state index is 13.1. The van der Waals surface area contributed by atoms with Crippen LogP contribution >= 0.6 is 12.4 Å². The third kappa shape index (κ3) is 4.96. The van der Waals surface area contributed by atoms with Gasteiger partial charge < -0.3 is 15.0 Å². The molecule has 2 fully saturated rings. The van der Waals surface area contributed by atoms with Gasteiger partial charge in [-0.1, -0.05) is 6.92 Å². The Labute approximate surface area is 156 Å². The van der Waals surface area contributed by atoms with E-state index < -0.39 is 0 Å². The standard InChI is InChI=1S/C18H30N4O2.ClH/c1-3-9-24-15-5-4-7-22(8-6-15)18(23)17-12-19-11-16(17)14-10-20-21(2)13-14;/h10,13,15-17,19H,3-9,11-12H2,1-2H3;1H/t15?,16-,17+;/m1./s1. The van der Waals surface area contributed by atoms with Crippen LogP contribution in [-0.2, 0) is 16.6 Å². The summed E-state index contributed by atoms with van der Waals surface area (Å²) in [7, 11) is 1.92. The summed E-state index contributed by atoms with van der Waals surface area (Å²) >= 11 is 0. The molecule has 2 aliphatic rings. The highest BCUT2D eigenvalue weighted by Gasteiger charge is 2.37.